The maximum atomic E-state index is 13.7. The first-order valence-electron chi connectivity index (χ1n) is 16.1. The third-order valence-electron chi connectivity index (χ3n) is 11.4. The zero-order valence-corrected chi connectivity index (χ0v) is 24.3. The Morgan fingerprint density at radius 2 is 1.74 bits per heavy atom. The van der Waals surface area contributed by atoms with Crippen LogP contribution in [0.3, 0.4) is 0 Å². The molecule has 9 rings (SSSR count). The Bertz CT molecular complexity index is 1600. The van der Waals surface area contributed by atoms with Crippen LogP contribution in [0.25, 0.3) is 11.1 Å². The lowest BCUT2D eigenvalue weighted by Crippen LogP contribution is -2.74. The second-order valence-electron chi connectivity index (χ2n) is 13.7. The number of phenolic OH excluding ortho intramolecular Hbond substituents is 1. The van der Waals surface area contributed by atoms with Crippen molar-refractivity contribution in [1.29, 1.82) is 0 Å². The standard InChI is InChI=1S/C36H38N2O5/c39-26-10-7-24(8-11-26)23-5-3-21(4-6-23)14-17-37-34(40)27-12-9-25-19-29-36(41)15-13-28-32(42-28)33-35(36,30(25)31(27)43-33)16-18-38(29)20-22-1-2-22/h3-12,22,28-29,32-33,39,41H,1-2,13-20H2,(H,37,40). The van der Waals surface area contributed by atoms with Crippen molar-refractivity contribution in [3.63, 3.8) is 0 Å². The summed E-state index contributed by atoms with van der Waals surface area (Å²) in [5.41, 5.74) is 4.78. The lowest BCUT2D eigenvalue weighted by Gasteiger charge is -2.61. The minimum atomic E-state index is -0.874. The first kappa shape index (κ1) is 26.1. The highest BCUT2D eigenvalue weighted by atomic mass is 16.6. The lowest BCUT2D eigenvalue weighted by molar-refractivity contribution is -0.171. The number of carbonyl (C=O) groups is 1. The molecule has 2 saturated heterocycles. The molecule has 4 fully saturated rings. The number of piperidine rings is 1. The minimum absolute atomic E-state index is 0.0107. The molecule has 3 heterocycles. The third kappa shape index (κ3) is 3.87. The molecular formula is C36H38N2O5. The summed E-state index contributed by atoms with van der Waals surface area (Å²) in [5, 5.41) is 25.4. The zero-order chi connectivity index (χ0) is 28.9. The van der Waals surface area contributed by atoms with Crippen LogP contribution in [0.4, 0.5) is 0 Å². The highest BCUT2D eigenvalue weighted by Crippen LogP contribution is 2.66. The van der Waals surface area contributed by atoms with Crippen molar-refractivity contribution in [2.45, 2.75) is 80.3 Å². The number of nitrogens with zero attached hydrogens (tertiary/aromatic N) is 1. The van der Waals surface area contributed by atoms with Crippen molar-refractivity contribution in [1.82, 2.24) is 10.2 Å². The van der Waals surface area contributed by atoms with E-state index in [1.165, 1.54) is 18.4 Å². The van der Waals surface area contributed by atoms with Gasteiger partial charge in [-0.25, -0.2) is 0 Å². The Hall–Kier alpha value is -3.39. The number of carbonyl (C=O) groups excluding carboxylic acids is 1. The number of nitrogens with one attached hydrogen (secondary N) is 1. The Morgan fingerprint density at radius 3 is 2.51 bits per heavy atom. The number of rotatable bonds is 7. The lowest BCUT2D eigenvalue weighted by atomic mass is 9.52. The van der Waals surface area contributed by atoms with Gasteiger partial charge in [0.25, 0.3) is 5.91 Å². The SMILES string of the molecule is O=C(NCCc1ccc(-c2ccc(O)cc2)cc1)c1ccc2c3c1OC1C4OC4CCC4(O)C(C2)N(CC2CC2)CCC314. The minimum Gasteiger partial charge on any atom is -0.508 e. The quantitative estimate of drug-likeness (QED) is 0.361. The van der Waals surface area contributed by atoms with Crippen LogP contribution in [0.5, 0.6) is 11.5 Å². The number of hydrogen-bond acceptors (Lipinski definition) is 6. The second kappa shape index (κ2) is 9.31. The molecule has 43 heavy (non-hydrogen) atoms. The van der Waals surface area contributed by atoms with Crippen LogP contribution >= 0.6 is 0 Å². The Kier molecular flexibility index (Phi) is 5.64. The second-order valence-corrected chi connectivity index (χ2v) is 13.7. The van der Waals surface area contributed by atoms with Crippen molar-refractivity contribution >= 4 is 5.91 Å². The van der Waals surface area contributed by atoms with Crippen molar-refractivity contribution in [3.8, 4) is 22.6 Å². The molecule has 0 aromatic heterocycles. The number of benzene rings is 3. The van der Waals surface area contributed by atoms with E-state index in [-0.39, 0.29) is 36.0 Å². The molecule has 6 unspecified atom stereocenters. The van der Waals surface area contributed by atoms with Gasteiger partial charge in [-0.05, 0) is 97.9 Å². The summed E-state index contributed by atoms with van der Waals surface area (Å²) in [6.45, 7) is 2.56. The highest BCUT2D eigenvalue weighted by molar-refractivity contribution is 5.98. The van der Waals surface area contributed by atoms with Gasteiger partial charge >= 0.3 is 0 Å². The molecule has 222 valence electrons. The molecule has 7 nitrogen and oxygen atoms in total. The van der Waals surface area contributed by atoms with Gasteiger partial charge in [-0.1, -0.05) is 42.5 Å². The molecule has 1 amide bonds. The van der Waals surface area contributed by atoms with Gasteiger partial charge in [0.2, 0.25) is 0 Å². The van der Waals surface area contributed by atoms with E-state index in [0.29, 0.717) is 24.3 Å². The van der Waals surface area contributed by atoms with Gasteiger partial charge in [0.1, 0.15) is 23.7 Å². The molecular weight excluding hydrogens is 540 g/mol. The number of epoxide rings is 1. The Morgan fingerprint density at radius 1 is 0.977 bits per heavy atom. The summed E-state index contributed by atoms with van der Waals surface area (Å²) in [4.78, 5) is 16.2. The summed E-state index contributed by atoms with van der Waals surface area (Å²) in [6.07, 6.45) is 6.46. The Balaban J connectivity index is 0.970. The van der Waals surface area contributed by atoms with Crippen LogP contribution in [-0.2, 0) is 23.0 Å². The van der Waals surface area contributed by atoms with Crippen LogP contribution < -0.4 is 10.1 Å². The van der Waals surface area contributed by atoms with Gasteiger partial charge in [-0.2, -0.15) is 0 Å². The van der Waals surface area contributed by atoms with Crippen molar-refractivity contribution in [2.24, 2.45) is 5.92 Å². The number of ether oxygens (including phenoxy) is 2. The number of likely N-dealkylation sites (tertiary alicyclic amines) is 1. The van der Waals surface area contributed by atoms with Gasteiger partial charge in [0.15, 0.2) is 0 Å². The molecule has 3 aliphatic carbocycles. The smallest absolute Gasteiger partial charge is 0.255 e. The number of aromatic hydroxyl groups is 1. The van der Waals surface area contributed by atoms with Crippen molar-refractivity contribution in [3.05, 3.63) is 82.9 Å². The summed E-state index contributed by atoms with van der Waals surface area (Å²) < 4.78 is 12.9. The van der Waals surface area contributed by atoms with Crippen LogP contribution in [0.15, 0.2) is 60.7 Å². The Labute approximate surface area is 251 Å². The fourth-order valence-electron chi connectivity index (χ4n) is 9.02. The molecule has 1 spiro atoms. The summed E-state index contributed by atoms with van der Waals surface area (Å²) in [7, 11) is 0. The van der Waals surface area contributed by atoms with E-state index < -0.39 is 11.0 Å². The third-order valence-corrected chi connectivity index (χ3v) is 11.4. The molecule has 7 heteroatoms. The average Bonchev–Trinajstić information content (AvgIpc) is 3.94. The number of fused-ring (bicyclic) bond motifs is 2. The summed E-state index contributed by atoms with van der Waals surface area (Å²) in [6, 6.07) is 19.7. The average molecular weight is 579 g/mol. The van der Waals surface area contributed by atoms with E-state index in [9.17, 15) is 15.0 Å². The van der Waals surface area contributed by atoms with E-state index in [1.807, 2.05) is 18.2 Å². The van der Waals surface area contributed by atoms with Crippen LogP contribution in [0.1, 0.15) is 59.2 Å². The van der Waals surface area contributed by atoms with Gasteiger partial charge in [0, 0.05) is 24.7 Å². The predicted octanol–water partition coefficient (Wildman–Crippen LogP) is 4.36. The molecule has 6 aliphatic rings. The van der Waals surface area contributed by atoms with Crippen molar-refractivity contribution < 1.29 is 24.5 Å². The molecule has 6 atom stereocenters. The van der Waals surface area contributed by atoms with E-state index >= 15 is 0 Å². The molecule has 0 radical (unpaired) electrons. The number of amides is 1. The summed E-state index contributed by atoms with van der Waals surface area (Å²) >= 11 is 0. The molecule has 3 aromatic rings. The van der Waals surface area contributed by atoms with Crippen LogP contribution in [0.2, 0.25) is 0 Å². The number of aliphatic hydroxyl groups is 1. The monoisotopic (exact) mass is 578 g/mol. The molecule has 3 aliphatic heterocycles. The number of hydrogen-bond donors (Lipinski definition) is 3. The van der Waals surface area contributed by atoms with Crippen LogP contribution in [-0.4, -0.2) is 70.6 Å². The fourth-order valence-corrected chi connectivity index (χ4v) is 9.02. The largest absolute Gasteiger partial charge is 0.508 e. The van der Waals surface area contributed by atoms with E-state index in [0.717, 1.165) is 66.9 Å². The van der Waals surface area contributed by atoms with E-state index in [4.69, 9.17) is 9.47 Å². The predicted molar refractivity (Wildman–Crippen MR) is 161 cm³/mol. The summed E-state index contributed by atoms with van der Waals surface area (Å²) in [5.74, 6) is 1.58. The number of phenols is 1. The topological polar surface area (TPSA) is 94.6 Å². The normalized spacial score (nSPS) is 33.1. The highest BCUT2D eigenvalue weighted by Gasteiger charge is 2.75. The molecule has 3 aromatic carbocycles. The van der Waals surface area contributed by atoms with E-state index in [1.54, 1.807) is 12.1 Å². The maximum absolute atomic E-state index is 13.7. The van der Waals surface area contributed by atoms with Gasteiger partial charge in [-0.15, -0.1) is 0 Å². The van der Waals surface area contributed by atoms with Gasteiger partial charge in [-0.3, -0.25) is 9.69 Å². The molecule has 2 saturated carbocycles. The first-order valence-corrected chi connectivity index (χ1v) is 16.1. The maximum Gasteiger partial charge on any atom is 0.255 e. The van der Waals surface area contributed by atoms with Gasteiger partial charge < -0.3 is 25.0 Å². The molecule has 3 N–H and O–H groups in total. The fraction of sp³-hybridized carbons (Fsp3) is 0.472. The van der Waals surface area contributed by atoms with E-state index in [2.05, 4.69) is 40.5 Å². The zero-order valence-electron chi connectivity index (χ0n) is 24.3. The van der Waals surface area contributed by atoms with Gasteiger partial charge in [0.05, 0.1) is 22.7 Å². The molecule has 2 bridgehead atoms. The van der Waals surface area contributed by atoms with Crippen LogP contribution in [0, 0.1) is 5.92 Å². The first-order chi connectivity index (χ1) is 20.9. The van der Waals surface area contributed by atoms with Crippen molar-refractivity contribution in [2.75, 3.05) is 19.6 Å².